The monoisotopic (exact) mass is 282 g/mol. The molecule has 106 valence electrons. The van der Waals surface area contributed by atoms with E-state index in [4.69, 9.17) is 5.73 Å². The number of fused-ring (bicyclic) bond motifs is 1. The third kappa shape index (κ3) is 2.58. The molecule has 0 aliphatic heterocycles. The van der Waals surface area contributed by atoms with Gasteiger partial charge in [0.15, 0.2) is 0 Å². The van der Waals surface area contributed by atoms with Crippen LogP contribution in [0, 0.1) is 5.82 Å². The minimum atomic E-state index is -0.323. The summed E-state index contributed by atoms with van der Waals surface area (Å²) < 4.78 is 15.0. The molecule has 3 rings (SSSR count). The lowest BCUT2D eigenvalue weighted by Crippen LogP contribution is -2.21. The fourth-order valence-corrected chi connectivity index (χ4v) is 2.48. The smallest absolute Gasteiger partial charge is 0.258 e. The first-order chi connectivity index (χ1) is 10.2. The summed E-state index contributed by atoms with van der Waals surface area (Å²) in [6.45, 7) is 0.631. The second-order valence-corrected chi connectivity index (χ2v) is 4.95. The number of aromatic nitrogens is 1. The van der Waals surface area contributed by atoms with Crippen LogP contribution in [0.3, 0.4) is 0 Å². The molecule has 4 heteroatoms. The van der Waals surface area contributed by atoms with Crippen LogP contribution in [-0.2, 0) is 13.1 Å². The number of halogens is 1. The van der Waals surface area contributed by atoms with Crippen LogP contribution in [0.15, 0.2) is 59.5 Å². The number of rotatable bonds is 3. The average Bonchev–Trinajstić information content (AvgIpc) is 2.51. The summed E-state index contributed by atoms with van der Waals surface area (Å²) in [6, 6.07) is 13.8. The number of pyridine rings is 1. The van der Waals surface area contributed by atoms with Gasteiger partial charge in [0.05, 0.1) is 6.54 Å². The topological polar surface area (TPSA) is 48.0 Å². The van der Waals surface area contributed by atoms with E-state index >= 15 is 0 Å². The van der Waals surface area contributed by atoms with E-state index in [2.05, 4.69) is 0 Å². The molecule has 0 radical (unpaired) electrons. The van der Waals surface area contributed by atoms with Crippen molar-refractivity contribution in [2.24, 2.45) is 5.73 Å². The van der Waals surface area contributed by atoms with E-state index in [0.717, 1.165) is 16.5 Å². The van der Waals surface area contributed by atoms with E-state index in [9.17, 15) is 9.18 Å². The molecule has 2 N–H and O–H groups in total. The maximum Gasteiger partial charge on any atom is 0.258 e. The lowest BCUT2D eigenvalue weighted by molar-refractivity contribution is 0.621. The molecule has 3 aromatic rings. The molecule has 0 aliphatic carbocycles. The standard InChI is InChI=1S/C17H15FN2O/c18-15-6-5-13(10-19)14(9-15)11-20-8-7-12-3-1-2-4-16(12)17(20)21/h1-9H,10-11,19H2. The van der Waals surface area contributed by atoms with Gasteiger partial charge in [0.2, 0.25) is 0 Å². The van der Waals surface area contributed by atoms with E-state index in [1.54, 1.807) is 22.9 Å². The van der Waals surface area contributed by atoms with Gasteiger partial charge in [-0.15, -0.1) is 0 Å². The fraction of sp³-hybridized carbons (Fsp3) is 0.118. The summed E-state index contributed by atoms with van der Waals surface area (Å²) in [5.41, 5.74) is 7.17. The van der Waals surface area contributed by atoms with Crippen molar-refractivity contribution in [2.75, 3.05) is 0 Å². The van der Waals surface area contributed by atoms with Crippen LogP contribution < -0.4 is 11.3 Å². The fourth-order valence-electron chi connectivity index (χ4n) is 2.48. The maximum atomic E-state index is 13.4. The van der Waals surface area contributed by atoms with Gasteiger partial charge in [-0.1, -0.05) is 24.3 Å². The Kier molecular flexibility index (Phi) is 3.54. The van der Waals surface area contributed by atoms with Gasteiger partial charge in [-0.3, -0.25) is 4.79 Å². The second-order valence-electron chi connectivity index (χ2n) is 4.95. The van der Waals surface area contributed by atoms with Crippen LogP contribution in [-0.4, -0.2) is 4.57 Å². The zero-order valence-electron chi connectivity index (χ0n) is 11.4. The highest BCUT2D eigenvalue weighted by Gasteiger charge is 2.07. The Morgan fingerprint density at radius 2 is 1.86 bits per heavy atom. The highest BCUT2D eigenvalue weighted by atomic mass is 19.1. The van der Waals surface area contributed by atoms with Gasteiger partial charge in [-0.05, 0) is 40.8 Å². The van der Waals surface area contributed by atoms with E-state index in [-0.39, 0.29) is 11.4 Å². The Bertz CT molecular complexity index is 855. The lowest BCUT2D eigenvalue weighted by atomic mass is 10.1. The summed E-state index contributed by atoms with van der Waals surface area (Å²) in [4.78, 5) is 12.5. The third-order valence-corrected chi connectivity index (χ3v) is 3.62. The van der Waals surface area contributed by atoms with Crippen molar-refractivity contribution in [1.82, 2.24) is 4.57 Å². The predicted molar refractivity (Wildman–Crippen MR) is 81.6 cm³/mol. The Morgan fingerprint density at radius 3 is 2.67 bits per heavy atom. The van der Waals surface area contributed by atoms with E-state index < -0.39 is 0 Å². The van der Waals surface area contributed by atoms with Crippen LogP contribution in [0.25, 0.3) is 10.8 Å². The van der Waals surface area contributed by atoms with Crippen LogP contribution in [0.4, 0.5) is 4.39 Å². The van der Waals surface area contributed by atoms with Crippen molar-refractivity contribution in [2.45, 2.75) is 13.1 Å². The van der Waals surface area contributed by atoms with Crippen molar-refractivity contribution in [3.63, 3.8) is 0 Å². The molecule has 0 saturated carbocycles. The average molecular weight is 282 g/mol. The predicted octanol–water partition coefficient (Wildman–Crippen LogP) is 2.65. The molecule has 0 amide bonds. The molecule has 0 fully saturated rings. The maximum absolute atomic E-state index is 13.4. The first-order valence-electron chi connectivity index (χ1n) is 6.74. The Labute approximate surface area is 121 Å². The number of nitrogens with two attached hydrogens (primary N) is 1. The largest absolute Gasteiger partial charge is 0.326 e. The molecule has 0 unspecified atom stereocenters. The molecule has 3 nitrogen and oxygen atoms in total. The molecule has 0 aliphatic rings. The van der Waals surface area contributed by atoms with Gasteiger partial charge in [0.25, 0.3) is 5.56 Å². The summed E-state index contributed by atoms with van der Waals surface area (Å²) in [6.07, 6.45) is 1.73. The van der Waals surface area contributed by atoms with Gasteiger partial charge in [-0.25, -0.2) is 4.39 Å². The molecule has 1 aromatic heterocycles. The summed E-state index contributed by atoms with van der Waals surface area (Å²) in [5, 5.41) is 1.56. The van der Waals surface area contributed by atoms with Crippen molar-refractivity contribution in [3.05, 3.63) is 82.0 Å². The van der Waals surface area contributed by atoms with Gasteiger partial charge < -0.3 is 10.3 Å². The van der Waals surface area contributed by atoms with Gasteiger partial charge >= 0.3 is 0 Å². The summed E-state index contributed by atoms with van der Waals surface area (Å²) in [7, 11) is 0. The SMILES string of the molecule is NCc1ccc(F)cc1Cn1ccc2ccccc2c1=O. The van der Waals surface area contributed by atoms with Gasteiger partial charge in [0, 0.05) is 18.1 Å². The third-order valence-electron chi connectivity index (χ3n) is 3.62. The molecule has 1 heterocycles. The number of hydrogen-bond donors (Lipinski definition) is 1. The summed E-state index contributed by atoms with van der Waals surface area (Å²) >= 11 is 0. The molecule has 21 heavy (non-hydrogen) atoms. The number of benzene rings is 2. The van der Waals surface area contributed by atoms with Gasteiger partial charge in [0.1, 0.15) is 5.82 Å². The van der Waals surface area contributed by atoms with E-state index in [1.807, 2.05) is 24.3 Å². The molecule has 2 aromatic carbocycles. The molecular formula is C17H15FN2O. The van der Waals surface area contributed by atoms with Crippen molar-refractivity contribution in [1.29, 1.82) is 0 Å². The lowest BCUT2D eigenvalue weighted by Gasteiger charge is -2.11. The quantitative estimate of drug-likeness (QED) is 0.803. The van der Waals surface area contributed by atoms with Crippen LogP contribution in [0.5, 0.6) is 0 Å². The van der Waals surface area contributed by atoms with E-state index in [1.165, 1.54) is 12.1 Å². The molecule has 0 atom stereocenters. The van der Waals surface area contributed by atoms with Gasteiger partial charge in [-0.2, -0.15) is 0 Å². The first kappa shape index (κ1) is 13.5. The number of hydrogen-bond acceptors (Lipinski definition) is 2. The van der Waals surface area contributed by atoms with Crippen LogP contribution in [0.1, 0.15) is 11.1 Å². The molecular weight excluding hydrogens is 267 g/mol. The normalized spacial score (nSPS) is 11.0. The minimum absolute atomic E-state index is 0.0830. The summed E-state index contributed by atoms with van der Waals surface area (Å²) in [5.74, 6) is -0.323. The Balaban J connectivity index is 2.08. The van der Waals surface area contributed by atoms with E-state index in [0.29, 0.717) is 18.5 Å². The molecule has 0 saturated heterocycles. The first-order valence-corrected chi connectivity index (χ1v) is 6.74. The minimum Gasteiger partial charge on any atom is -0.326 e. The Morgan fingerprint density at radius 1 is 1.05 bits per heavy atom. The molecule has 0 bridgehead atoms. The second kappa shape index (κ2) is 5.50. The zero-order chi connectivity index (χ0) is 14.8. The van der Waals surface area contributed by atoms with Crippen molar-refractivity contribution < 1.29 is 4.39 Å². The number of nitrogens with zero attached hydrogens (tertiary/aromatic N) is 1. The highest BCUT2D eigenvalue weighted by Crippen LogP contribution is 2.14. The highest BCUT2D eigenvalue weighted by molar-refractivity contribution is 5.81. The van der Waals surface area contributed by atoms with Crippen molar-refractivity contribution >= 4 is 10.8 Å². The molecule has 0 spiro atoms. The van der Waals surface area contributed by atoms with Crippen LogP contribution in [0.2, 0.25) is 0 Å². The van der Waals surface area contributed by atoms with Crippen LogP contribution >= 0.6 is 0 Å². The Hall–Kier alpha value is -2.46. The zero-order valence-corrected chi connectivity index (χ0v) is 11.4. The van der Waals surface area contributed by atoms with Crippen molar-refractivity contribution in [3.8, 4) is 0 Å².